The van der Waals surface area contributed by atoms with Crippen LogP contribution < -0.4 is 0 Å². The SMILES string of the molecule is C=C(CO)/C(=C/CO)C(O)CC/C(=C/c1ccccc1O)c1ccccc1. The van der Waals surface area contributed by atoms with Gasteiger partial charge in [-0.25, -0.2) is 0 Å². The van der Waals surface area contributed by atoms with Gasteiger partial charge in [0, 0.05) is 5.56 Å². The van der Waals surface area contributed by atoms with Crippen molar-refractivity contribution in [2.75, 3.05) is 13.2 Å². The number of aliphatic hydroxyl groups excluding tert-OH is 3. The van der Waals surface area contributed by atoms with Crippen LogP contribution in [0.3, 0.4) is 0 Å². The lowest BCUT2D eigenvalue weighted by atomic mass is 9.93. The first-order chi connectivity index (χ1) is 13.1. The van der Waals surface area contributed by atoms with E-state index in [1.54, 1.807) is 12.1 Å². The fourth-order valence-electron chi connectivity index (χ4n) is 2.90. The highest BCUT2D eigenvalue weighted by molar-refractivity contribution is 5.83. The van der Waals surface area contributed by atoms with Crippen molar-refractivity contribution in [3.8, 4) is 5.75 Å². The molecule has 2 rings (SSSR count). The molecule has 4 nitrogen and oxygen atoms in total. The Bertz CT molecular complexity index is 806. The van der Waals surface area contributed by atoms with Gasteiger partial charge in [-0.3, -0.25) is 0 Å². The number of phenols is 1. The Hall–Kier alpha value is -2.66. The van der Waals surface area contributed by atoms with E-state index in [0.717, 1.165) is 11.1 Å². The molecule has 0 fully saturated rings. The van der Waals surface area contributed by atoms with Gasteiger partial charge in [-0.1, -0.05) is 61.2 Å². The number of aromatic hydroxyl groups is 1. The number of benzene rings is 2. The molecule has 4 N–H and O–H groups in total. The summed E-state index contributed by atoms with van der Waals surface area (Å²) in [4.78, 5) is 0. The summed E-state index contributed by atoms with van der Waals surface area (Å²) in [6.45, 7) is 3.23. The van der Waals surface area contributed by atoms with E-state index in [1.165, 1.54) is 6.08 Å². The highest BCUT2D eigenvalue weighted by Crippen LogP contribution is 2.28. The number of rotatable bonds is 9. The zero-order valence-electron chi connectivity index (χ0n) is 15.3. The molecule has 0 aromatic heterocycles. The minimum Gasteiger partial charge on any atom is -0.507 e. The number of allylic oxidation sites excluding steroid dienone is 1. The predicted molar refractivity (Wildman–Crippen MR) is 109 cm³/mol. The molecule has 1 unspecified atom stereocenters. The summed E-state index contributed by atoms with van der Waals surface area (Å²) >= 11 is 0. The van der Waals surface area contributed by atoms with Crippen LogP contribution in [-0.2, 0) is 0 Å². The maximum Gasteiger partial charge on any atom is 0.122 e. The summed E-state index contributed by atoms with van der Waals surface area (Å²) in [6.07, 6.45) is 3.46. The Kier molecular flexibility index (Phi) is 8.01. The van der Waals surface area contributed by atoms with E-state index >= 15 is 0 Å². The molecule has 0 heterocycles. The molecule has 0 amide bonds. The smallest absolute Gasteiger partial charge is 0.122 e. The van der Waals surface area contributed by atoms with Crippen molar-refractivity contribution < 1.29 is 20.4 Å². The summed E-state index contributed by atoms with van der Waals surface area (Å²) in [5.41, 5.74) is 3.52. The first-order valence-corrected chi connectivity index (χ1v) is 8.88. The molecule has 1 atom stereocenters. The maximum absolute atomic E-state index is 10.5. The summed E-state index contributed by atoms with van der Waals surface area (Å²) in [6, 6.07) is 16.9. The molecule has 0 aliphatic heterocycles. The van der Waals surface area contributed by atoms with Gasteiger partial charge in [-0.2, -0.15) is 0 Å². The third-order valence-electron chi connectivity index (χ3n) is 4.37. The van der Waals surface area contributed by atoms with E-state index in [1.807, 2.05) is 48.5 Å². The van der Waals surface area contributed by atoms with Crippen LogP contribution in [0.25, 0.3) is 11.6 Å². The Morgan fingerprint density at radius 2 is 1.67 bits per heavy atom. The molecule has 0 bridgehead atoms. The van der Waals surface area contributed by atoms with Crippen LogP contribution in [0, 0.1) is 0 Å². The zero-order valence-corrected chi connectivity index (χ0v) is 15.3. The number of hydrogen-bond donors (Lipinski definition) is 4. The van der Waals surface area contributed by atoms with Gasteiger partial charge in [0.15, 0.2) is 0 Å². The fraction of sp³-hybridized carbons (Fsp3) is 0.217. The number of hydrogen-bond acceptors (Lipinski definition) is 4. The quantitative estimate of drug-likeness (QED) is 0.404. The van der Waals surface area contributed by atoms with Gasteiger partial charge in [-0.15, -0.1) is 0 Å². The monoisotopic (exact) mass is 366 g/mol. The molecule has 0 aliphatic carbocycles. The highest BCUT2D eigenvalue weighted by Gasteiger charge is 2.15. The highest BCUT2D eigenvalue weighted by atomic mass is 16.3. The molecule has 0 spiro atoms. The Morgan fingerprint density at radius 3 is 2.30 bits per heavy atom. The second-order valence-corrected chi connectivity index (χ2v) is 6.25. The van der Waals surface area contributed by atoms with Gasteiger partial charge in [0.1, 0.15) is 5.75 Å². The largest absolute Gasteiger partial charge is 0.507 e. The van der Waals surface area contributed by atoms with Crippen molar-refractivity contribution in [2.45, 2.75) is 18.9 Å². The van der Waals surface area contributed by atoms with Crippen LogP contribution in [0.2, 0.25) is 0 Å². The van der Waals surface area contributed by atoms with Crippen LogP contribution in [0.15, 0.2) is 78.4 Å². The molecule has 0 saturated heterocycles. The molecular weight excluding hydrogens is 340 g/mol. The fourth-order valence-corrected chi connectivity index (χ4v) is 2.90. The van der Waals surface area contributed by atoms with Crippen LogP contribution in [0.4, 0.5) is 0 Å². The summed E-state index contributed by atoms with van der Waals surface area (Å²) < 4.78 is 0. The Labute approximate surface area is 160 Å². The van der Waals surface area contributed by atoms with E-state index in [-0.39, 0.29) is 19.0 Å². The van der Waals surface area contributed by atoms with Crippen molar-refractivity contribution in [3.63, 3.8) is 0 Å². The molecule has 27 heavy (non-hydrogen) atoms. The lowest BCUT2D eigenvalue weighted by molar-refractivity contribution is 0.199. The molecule has 142 valence electrons. The Balaban J connectivity index is 2.27. The van der Waals surface area contributed by atoms with Crippen molar-refractivity contribution in [2.24, 2.45) is 0 Å². The van der Waals surface area contributed by atoms with Gasteiger partial charge < -0.3 is 20.4 Å². The molecular formula is C23H26O4. The van der Waals surface area contributed by atoms with Gasteiger partial charge in [0.2, 0.25) is 0 Å². The van der Waals surface area contributed by atoms with Crippen molar-refractivity contribution >= 4 is 11.6 Å². The third kappa shape index (κ3) is 5.93. The van der Waals surface area contributed by atoms with Crippen LogP contribution in [0.5, 0.6) is 5.75 Å². The number of phenolic OH excluding ortho intramolecular Hbond substituents is 1. The standard InChI is InChI=1S/C23H26O4/c1-17(16-25)21(13-14-24)23(27)12-11-19(18-7-3-2-4-8-18)15-20-9-5-6-10-22(20)26/h2-10,13,15,23-27H,1,11-12,14,16H2/b19-15-,21-13-. The normalized spacial score (nSPS) is 13.4. The maximum atomic E-state index is 10.5. The van der Waals surface area contributed by atoms with E-state index in [9.17, 15) is 15.3 Å². The van der Waals surface area contributed by atoms with E-state index < -0.39 is 6.10 Å². The lowest BCUT2D eigenvalue weighted by Crippen LogP contribution is -2.14. The molecule has 4 heteroatoms. The first kappa shape index (κ1) is 20.6. The number of para-hydroxylation sites is 1. The lowest BCUT2D eigenvalue weighted by Gasteiger charge is -2.17. The van der Waals surface area contributed by atoms with Gasteiger partial charge in [-0.05, 0) is 47.3 Å². The average Bonchev–Trinajstić information content (AvgIpc) is 2.70. The topological polar surface area (TPSA) is 80.9 Å². The van der Waals surface area contributed by atoms with Crippen molar-refractivity contribution in [1.82, 2.24) is 0 Å². The summed E-state index contributed by atoms with van der Waals surface area (Å²) in [7, 11) is 0. The minimum atomic E-state index is -0.853. The Morgan fingerprint density at radius 1 is 1.00 bits per heavy atom. The van der Waals surface area contributed by atoms with Crippen LogP contribution in [-0.4, -0.2) is 39.7 Å². The molecule has 0 aliphatic rings. The zero-order chi connectivity index (χ0) is 19.6. The predicted octanol–water partition coefficient (Wildman–Crippen LogP) is 3.54. The summed E-state index contributed by atoms with van der Waals surface area (Å²) in [5.74, 6) is 0.195. The van der Waals surface area contributed by atoms with Gasteiger partial charge >= 0.3 is 0 Å². The molecule has 2 aromatic rings. The van der Waals surface area contributed by atoms with E-state index in [4.69, 9.17) is 5.11 Å². The van der Waals surface area contributed by atoms with Crippen molar-refractivity contribution in [3.05, 3.63) is 89.5 Å². The summed E-state index contributed by atoms with van der Waals surface area (Å²) in [5, 5.41) is 39.1. The molecule has 2 aromatic carbocycles. The van der Waals surface area contributed by atoms with E-state index in [0.29, 0.717) is 29.6 Å². The minimum absolute atomic E-state index is 0.195. The van der Waals surface area contributed by atoms with Gasteiger partial charge in [0.25, 0.3) is 0 Å². The third-order valence-corrected chi connectivity index (χ3v) is 4.37. The molecule has 0 saturated carbocycles. The van der Waals surface area contributed by atoms with Crippen LogP contribution in [0.1, 0.15) is 24.0 Å². The van der Waals surface area contributed by atoms with Gasteiger partial charge in [0.05, 0.1) is 19.3 Å². The average molecular weight is 366 g/mol. The first-order valence-electron chi connectivity index (χ1n) is 8.88. The number of aliphatic hydroxyl groups is 3. The van der Waals surface area contributed by atoms with Crippen molar-refractivity contribution in [1.29, 1.82) is 0 Å². The second-order valence-electron chi connectivity index (χ2n) is 6.25. The van der Waals surface area contributed by atoms with Crippen LogP contribution >= 0.6 is 0 Å². The molecule has 0 radical (unpaired) electrons. The van der Waals surface area contributed by atoms with E-state index in [2.05, 4.69) is 6.58 Å². The second kappa shape index (κ2) is 10.5.